The number of ether oxygens (including phenoxy) is 1. The Morgan fingerprint density at radius 1 is 1.21 bits per heavy atom. The van der Waals surface area contributed by atoms with Gasteiger partial charge in [-0.25, -0.2) is 4.79 Å². The van der Waals surface area contributed by atoms with Crippen molar-refractivity contribution in [2.24, 2.45) is 0 Å². The van der Waals surface area contributed by atoms with Crippen LogP contribution in [0.5, 0.6) is 0 Å². The summed E-state index contributed by atoms with van der Waals surface area (Å²) in [7, 11) is 1.54. The molecule has 3 rings (SSSR count). The van der Waals surface area contributed by atoms with Crippen molar-refractivity contribution >= 4 is 5.97 Å². The maximum Gasteiger partial charge on any atom is 0.327 e. The lowest BCUT2D eigenvalue weighted by Gasteiger charge is -2.47. The second-order valence-corrected chi connectivity index (χ2v) is 5.95. The fourth-order valence-electron chi connectivity index (χ4n) is 4.26. The molecule has 5 heteroatoms. The number of carbonyl (C=O) groups is 1. The molecule has 0 radical (unpaired) electrons. The van der Waals surface area contributed by atoms with E-state index < -0.39 is 0 Å². The van der Waals surface area contributed by atoms with E-state index in [2.05, 4.69) is 15.1 Å². The van der Waals surface area contributed by atoms with Crippen molar-refractivity contribution < 1.29 is 9.53 Å². The highest BCUT2D eigenvalue weighted by Crippen LogP contribution is 2.40. The minimum absolute atomic E-state index is 0.0104. The summed E-state index contributed by atoms with van der Waals surface area (Å²) in [5.74, 6) is -0.0104. The molecule has 0 aliphatic carbocycles. The van der Waals surface area contributed by atoms with Crippen LogP contribution in [0, 0.1) is 0 Å². The molecule has 0 aromatic rings. The van der Waals surface area contributed by atoms with Crippen LogP contribution < -0.4 is 5.32 Å². The van der Waals surface area contributed by atoms with Gasteiger partial charge in [0.15, 0.2) is 0 Å². The van der Waals surface area contributed by atoms with Gasteiger partial charge < -0.3 is 10.1 Å². The van der Waals surface area contributed by atoms with Crippen molar-refractivity contribution in [1.82, 2.24) is 15.1 Å². The highest BCUT2D eigenvalue weighted by atomic mass is 16.5. The molecule has 3 fully saturated rings. The molecule has 2 atom stereocenters. The van der Waals surface area contributed by atoms with Gasteiger partial charge in [-0.05, 0) is 25.8 Å². The normalized spacial score (nSPS) is 37.0. The number of nitrogens with zero attached hydrogens (tertiary/aromatic N) is 2. The summed E-state index contributed by atoms with van der Waals surface area (Å²) in [5.41, 5.74) is -0.378. The van der Waals surface area contributed by atoms with E-state index >= 15 is 0 Å². The van der Waals surface area contributed by atoms with Crippen LogP contribution in [0.1, 0.15) is 25.7 Å². The van der Waals surface area contributed by atoms with E-state index in [1.54, 1.807) is 0 Å². The predicted molar refractivity (Wildman–Crippen MR) is 73.0 cm³/mol. The fraction of sp³-hybridized carbons (Fsp3) is 0.929. The molecule has 0 spiro atoms. The highest BCUT2D eigenvalue weighted by molar-refractivity contribution is 5.82. The number of carbonyl (C=O) groups excluding carboxylic acids is 1. The zero-order valence-electron chi connectivity index (χ0n) is 11.9. The first-order valence-electron chi connectivity index (χ1n) is 7.57. The lowest BCUT2D eigenvalue weighted by atomic mass is 9.83. The Morgan fingerprint density at radius 3 is 2.74 bits per heavy atom. The van der Waals surface area contributed by atoms with E-state index in [9.17, 15) is 4.79 Å². The summed E-state index contributed by atoms with van der Waals surface area (Å²) >= 11 is 0. The quantitative estimate of drug-likeness (QED) is 0.717. The van der Waals surface area contributed by atoms with Gasteiger partial charge in [-0.15, -0.1) is 0 Å². The fourth-order valence-corrected chi connectivity index (χ4v) is 4.26. The molecule has 3 aliphatic heterocycles. The Morgan fingerprint density at radius 2 is 2.00 bits per heavy atom. The SMILES string of the molecule is COC(=O)C1(N2CCNCC2)CCN2CCCCC21. The maximum atomic E-state index is 12.6. The number of hydrogen-bond donors (Lipinski definition) is 1. The first-order valence-corrected chi connectivity index (χ1v) is 7.57. The van der Waals surface area contributed by atoms with Gasteiger partial charge in [-0.3, -0.25) is 9.80 Å². The molecule has 0 aromatic carbocycles. The second kappa shape index (κ2) is 5.38. The van der Waals surface area contributed by atoms with E-state index in [4.69, 9.17) is 4.74 Å². The Bertz CT molecular complexity index is 344. The lowest BCUT2D eigenvalue weighted by Crippen LogP contribution is -2.66. The summed E-state index contributed by atoms with van der Waals surface area (Å²) in [6.45, 7) is 6.06. The molecule has 19 heavy (non-hydrogen) atoms. The Labute approximate surface area is 115 Å². The molecular weight excluding hydrogens is 242 g/mol. The van der Waals surface area contributed by atoms with Crippen LogP contribution in [0.4, 0.5) is 0 Å². The number of esters is 1. The van der Waals surface area contributed by atoms with Crippen molar-refractivity contribution in [3.8, 4) is 0 Å². The van der Waals surface area contributed by atoms with Crippen molar-refractivity contribution in [2.45, 2.75) is 37.3 Å². The molecule has 3 aliphatic rings. The number of hydrogen-bond acceptors (Lipinski definition) is 5. The molecule has 0 aromatic heterocycles. The van der Waals surface area contributed by atoms with Gasteiger partial charge in [0, 0.05) is 38.8 Å². The Hall–Kier alpha value is -0.650. The van der Waals surface area contributed by atoms with E-state index in [1.807, 2.05) is 0 Å². The molecular formula is C14H25N3O2. The number of piperazine rings is 1. The molecule has 0 saturated carbocycles. The monoisotopic (exact) mass is 267 g/mol. The first-order chi connectivity index (χ1) is 9.29. The average molecular weight is 267 g/mol. The van der Waals surface area contributed by atoms with Gasteiger partial charge in [0.05, 0.1) is 7.11 Å². The van der Waals surface area contributed by atoms with E-state index in [-0.39, 0.29) is 11.5 Å². The third-order valence-corrected chi connectivity index (χ3v) is 5.17. The van der Waals surface area contributed by atoms with Crippen LogP contribution in [0.2, 0.25) is 0 Å². The summed E-state index contributed by atoms with van der Waals surface area (Å²) < 4.78 is 5.21. The van der Waals surface area contributed by atoms with E-state index in [0.29, 0.717) is 6.04 Å². The molecule has 3 heterocycles. The van der Waals surface area contributed by atoms with Gasteiger partial charge in [-0.2, -0.15) is 0 Å². The smallest absolute Gasteiger partial charge is 0.327 e. The lowest BCUT2D eigenvalue weighted by molar-refractivity contribution is -0.158. The van der Waals surface area contributed by atoms with Crippen LogP contribution in [0.3, 0.4) is 0 Å². The molecule has 5 nitrogen and oxygen atoms in total. The van der Waals surface area contributed by atoms with Crippen LogP contribution in [0.15, 0.2) is 0 Å². The van der Waals surface area contributed by atoms with Gasteiger partial charge >= 0.3 is 5.97 Å². The van der Waals surface area contributed by atoms with Crippen molar-refractivity contribution in [3.63, 3.8) is 0 Å². The largest absolute Gasteiger partial charge is 0.468 e. The highest BCUT2D eigenvalue weighted by Gasteiger charge is 2.57. The van der Waals surface area contributed by atoms with Gasteiger partial charge in [0.2, 0.25) is 0 Å². The van der Waals surface area contributed by atoms with Crippen LogP contribution >= 0.6 is 0 Å². The van der Waals surface area contributed by atoms with Crippen LogP contribution in [0.25, 0.3) is 0 Å². The van der Waals surface area contributed by atoms with Gasteiger partial charge in [0.1, 0.15) is 5.54 Å². The van der Waals surface area contributed by atoms with E-state index in [0.717, 1.165) is 52.1 Å². The molecule has 0 bridgehead atoms. The third-order valence-electron chi connectivity index (χ3n) is 5.17. The summed E-state index contributed by atoms with van der Waals surface area (Å²) in [4.78, 5) is 17.5. The standard InChI is InChI=1S/C14H25N3O2/c1-19-13(18)14(17-10-6-15-7-11-17)5-9-16-8-3-2-4-12(14)16/h12,15H,2-11H2,1H3. The van der Waals surface area contributed by atoms with Gasteiger partial charge in [0.25, 0.3) is 0 Å². The zero-order chi connectivity index (χ0) is 13.3. The number of methoxy groups -OCH3 is 1. The molecule has 0 amide bonds. The Balaban J connectivity index is 1.90. The number of nitrogens with one attached hydrogen (secondary N) is 1. The topological polar surface area (TPSA) is 44.8 Å². The second-order valence-electron chi connectivity index (χ2n) is 5.95. The molecule has 3 saturated heterocycles. The number of piperidine rings is 1. The van der Waals surface area contributed by atoms with Crippen molar-refractivity contribution in [1.29, 1.82) is 0 Å². The van der Waals surface area contributed by atoms with Gasteiger partial charge in [-0.1, -0.05) is 6.42 Å². The summed E-state index contributed by atoms with van der Waals surface area (Å²) in [6.07, 6.45) is 4.59. The molecule has 108 valence electrons. The Kier molecular flexibility index (Phi) is 3.78. The maximum absolute atomic E-state index is 12.6. The summed E-state index contributed by atoms with van der Waals surface area (Å²) in [6, 6.07) is 0.367. The predicted octanol–water partition coefficient (Wildman–Crippen LogP) is 0.0616. The minimum Gasteiger partial charge on any atom is -0.468 e. The average Bonchev–Trinajstić information content (AvgIpc) is 2.88. The third kappa shape index (κ3) is 2.08. The summed E-state index contributed by atoms with van der Waals surface area (Å²) in [5, 5.41) is 3.38. The van der Waals surface area contributed by atoms with Crippen LogP contribution in [-0.4, -0.2) is 73.7 Å². The number of rotatable bonds is 2. The molecule has 1 N–H and O–H groups in total. The zero-order valence-corrected chi connectivity index (χ0v) is 11.9. The van der Waals surface area contributed by atoms with Crippen molar-refractivity contribution in [3.05, 3.63) is 0 Å². The first kappa shape index (κ1) is 13.3. The molecule has 2 unspecified atom stereocenters. The van der Waals surface area contributed by atoms with Crippen molar-refractivity contribution in [2.75, 3.05) is 46.4 Å². The minimum atomic E-state index is -0.378. The van der Waals surface area contributed by atoms with Crippen LogP contribution in [-0.2, 0) is 9.53 Å². The number of fused-ring (bicyclic) bond motifs is 1. The van der Waals surface area contributed by atoms with E-state index in [1.165, 1.54) is 20.0 Å².